The van der Waals surface area contributed by atoms with Crippen molar-refractivity contribution < 1.29 is 0 Å². The van der Waals surface area contributed by atoms with E-state index in [2.05, 4.69) is 32.2 Å². The molecule has 5 heteroatoms. The maximum absolute atomic E-state index is 4.50. The highest BCUT2D eigenvalue weighted by Crippen LogP contribution is 2.40. The van der Waals surface area contributed by atoms with E-state index in [0.29, 0.717) is 0 Å². The molecule has 2 aliphatic rings. The Balaban J connectivity index is 1.66. The molecule has 2 saturated heterocycles. The van der Waals surface area contributed by atoms with Gasteiger partial charge in [-0.25, -0.2) is 4.98 Å². The molecular formula is C14H17N5. The van der Waals surface area contributed by atoms with E-state index in [1.165, 1.54) is 38.0 Å². The molecule has 0 saturated carbocycles. The number of aromatic nitrogens is 4. The quantitative estimate of drug-likeness (QED) is 0.814. The summed E-state index contributed by atoms with van der Waals surface area (Å²) in [5.41, 5.74) is 1.43. The normalized spacial score (nSPS) is 29.6. The van der Waals surface area contributed by atoms with Crippen LogP contribution >= 0.6 is 0 Å². The van der Waals surface area contributed by atoms with Crippen LogP contribution in [-0.2, 0) is 5.41 Å². The lowest BCUT2D eigenvalue weighted by atomic mass is 9.78. The molecule has 2 aromatic heterocycles. The molecule has 2 bridgehead atoms. The predicted molar refractivity (Wildman–Crippen MR) is 71.1 cm³/mol. The molecule has 0 radical (unpaired) electrons. The topological polar surface area (TPSA) is 46.8 Å². The summed E-state index contributed by atoms with van der Waals surface area (Å²) in [6.07, 6.45) is 9.16. The molecule has 98 valence electrons. The third kappa shape index (κ3) is 1.76. The van der Waals surface area contributed by atoms with Gasteiger partial charge in [0, 0.05) is 24.4 Å². The number of hydrogen-bond donors (Lipinski definition) is 0. The molecule has 19 heavy (non-hydrogen) atoms. The Morgan fingerprint density at radius 2 is 2.11 bits per heavy atom. The Morgan fingerprint density at radius 1 is 1.11 bits per heavy atom. The Hall–Kier alpha value is -1.75. The molecule has 2 fully saturated rings. The number of nitrogens with zero attached hydrogens (tertiary/aromatic N) is 5. The average Bonchev–Trinajstić information content (AvgIpc) is 3.09. The lowest BCUT2D eigenvalue weighted by Crippen LogP contribution is -2.37. The van der Waals surface area contributed by atoms with Crippen LogP contribution in [0.25, 0.3) is 5.82 Å². The monoisotopic (exact) mass is 255 g/mol. The Kier molecular flexibility index (Phi) is 2.41. The largest absolute Gasteiger partial charge is 0.302 e. The number of fused-ring (bicyclic) bond motifs is 2. The standard InChI is InChI=1S/C14H17N5/c1-4-14(5-8-18(7-1)10-14)12-2-3-13(17-16-12)19-9-6-15-11-19/h2-3,6,9,11H,1,4-5,7-8,10H2/t14-/m0/s1. The summed E-state index contributed by atoms with van der Waals surface area (Å²) in [7, 11) is 0. The maximum atomic E-state index is 4.50. The smallest absolute Gasteiger partial charge is 0.160 e. The van der Waals surface area contributed by atoms with Crippen LogP contribution in [0, 0.1) is 0 Å². The summed E-state index contributed by atoms with van der Waals surface area (Å²) in [4.78, 5) is 6.59. The van der Waals surface area contributed by atoms with Crippen molar-refractivity contribution in [3.63, 3.8) is 0 Å². The number of rotatable bonds is 2. The van der Waals surface area contributed by atoms with Crippen LogP contribution in [-0.4, -0.2) is 44.3 Å². The minimum absolute atomic E-state index is 0.263. The van der Waals surface area contributed by atoms with Gasteiger partial charge in [-0.15, -0.1) is 5.10 Å². The lowest BCUT2D eigenvalue weighted by Gasteiger charge is -2.33. The van der Waals surface area contributed by atoms with Crippen molar-refractivity contribution in [1.82, 2.24) is 24.6 Å². The third-order valence-corrected chi connectivity index (χ3v) is 4.53. The van der Waals surface area contributed by atoms with E-state index in [-0.39, 0.29) is 5.41 Å². The molecule has 2 aliphatic heterocycles. The van der Waals surface area contributed by atoms with Crippen LogP contribution in [0.1, 0.15) is 25.0 Å². The predicted octanol–water partition coefficient (Wildman–Crippen LogP) is 1.40. The minimum Gasteiger partial charge on any atom is -0.302 e. The van der Waals surface area contributed by atoms with Crippen molar-refractivity contribution in [3.05, 3.63) is 36.5 Å². The van der Waals surface area contributed by atoms with Crippen LogP contribution in [0.3, 0.4) is 0 Å². The molecule has 4 rings (SSSR count). The zero-order chi connectivity index (χ0) is 12.7. The average molecular weight is 255 g/mol. The molecule has 2 atom stereocenters. The van der Waals surface area contributed by atoms with E-state index in [1.807, 2.05) is 10.8 Å². The first kappa shape index (κ1) is 11.1. The van der Waals surface area contributed by atoms with E-state index in [9.17, 15) is 0 Å². The van der Waals surface area contributed by atoms with E-state index in [4.69, 9.17) is 0 Å². The molecule has 0 aliphatic carbocycles. The zero-order valence-electron chi connectivity index (χ0n) is 10.9. The summed E-state index contributed by atoms with van der Waals surface area (Å²) in [6, 6.07) is 4.20. The second-order valence-electron chi connectivity index (χ2n) is 5.66. The van der Waals surface area contributed by atoms with Crippen molar-refractivity contribution in [2.45, 2.75) is 24.7 Å². The van der Waals surface area contributed by atoms with Gasteiger partial charge in [0.25, 0.3) is 0 Å². The van der Waals surface area contributed by atoms with Gasteiger partial charge in [0.1, 0.15) is 6.33 Å². The van der Waals surface area contributed by atoms with Gasteiger partial charge in [-0.3, -0.25) is 4.57 Å². The van der Waals surface area contributed by atoms with Crippen LogP contribution in [0.15, 0.2) is 30.9 Å². The first-order chi connectivity index (χ1) is 9.36. The molecular weight excluding hydrogens is 238 g/mol. The van der Waals surface area contributed by atoms with Crippen molar-refractivity contribution in [3.8, 4) is 5.82 Å². The van der Waals surface area contributed by atoms with E-state index in [1.54, 1.807) is 12.5 Å². The van der Waals surface area contributed by atoms with Crippen molar-refractivity contribution in [1.29, 1.82) is 0 Å². The summed E-state index contributed by atoms with van der Waals surface area (Å²) in [6.45, 7) is 3.62. The highest BCUT2D eigenvalue weighted by atomic mass is 15.2. The molecule has 0 amide bonds. The van der Waals surface area contributed by atoms with Gasteiger partial charge in [-0.05, 0) is 44.5 Å². The fraction of sp³-hybridized carbons (Fsp3) is 0.500. The Morgan fingerprint density at radius 3 is 2.89 bits per heavy atom. The second kappa shape index (κ2) is 4.13. The third-order valence-electron chi connectivity index (χ3n) is 4.53. The van der Waals surface area contributed by atoms with Crippen molar-refractivity contribution in [2.24, 2.45) is 0 Å². The summed E-state index contributed by atoms with van der Waals surface area (Å²) in [5.74, 6) is 0.836. The van der Waals surface area contributed by atoms with Crippen molar-refractivity contribution >= 4 is 0 Å². The Bertz CT molecular complexity index is 558. The first-order valence-corrected chi connectivity index (χ1v) is 6.91. The van der Waals surface area contributed by atoms with Crippen molar-refractivity contribution in [2.75, 3.05) is 19.6 Å². The van der Waals surface area contributed by atoms with Gasteiger partial charge in [0.05, 0.1) is 5.69 Å². The molecule has 1 unspecified atom stereocenters. The molecule has 0 aromatic carbocycles. The highest BCUT2D eigenvalue weighted by molar-refractivity contribution is 5.27. The molecule has 0 N–H and O–H groups in total. The van der Waals surface area contributed by atoms with Gasteiger partial charge < -0.3 is 4.90 Å². The van der Waals surface area contributed by atoms with Crippen LogP contribution in [0.4, 0.5) is 0 Å². The Labute approximate surface area is 112 Å². The minimum atomic E-state index is 0.263. The van der Waals surface area contributed by atoms with Gasteiger partial charge in [-0.1, -0.05) is 0 Å². The van der Waals surface area contributed by atoms with Crippen LogP contribution in [0.2, 0.25) is 0 Å². The molecule has 4 heterocycles. The fourth-order valence-corrected chi connectivity index (χ4v) is 3.47. The molecule has 2 aromatic rings. The first-order valence-electron chi connectivity index (χ1n) is 6.91. The fourth-order valence-electron chi connectivity index (χ4n) is 3.47. The van der Waals surface area contributed by atoms with E-state index in [0.717, 1.165) is 12.4 Å². The van der Waals surface area contributed by atoms with Gasteiger partial charge >= 0.3 is 0 Å². The number of hydrogen-bond acceptors (Lipinski definition) is 4. The van der Waals surface area contributed by atoms with E-state index < -0.39 is 0 Å². The SMILES string of the molecule is c1cn(-c2ccc([C@@]34CCCN(CC3)C4)nn2)cn1. The summed E-state index contributed by atoms with van der Waals surface area (Å²) >= 11 is 0. The van der Waals surface area contributed by atoms with Crippen LogP contribution < -0.4 is 0 Å². The van der Waals surface area contributed by atoms with Gasteiger partial charge in [0.2, 0.25) is 0 Å². The molecule has 0 spiro atoms. The maximum Gasteiger partial charge on any atom is 0.160 e. The van der Waals surface area contributed by atoms with Gasteiger partial charge in [0.15, 0.2) is 5.82 Å². The second-order valence-corrected chi connectivity index (χ2v) is 5.66. The molecule has 5 nitrogen and oxygen atoms in total. The number of imidazole rings is 1. The highest BCUT2D eigenvalue weighted by Gasteiger charge is 2.43. The van der Waals surface area contributed by atoms with Crippen LogP contribution in [0.5, 0.6) is 0 Å². The zero-order valence-corrected chi connectivity index (χ0v) is 10.9. The summed E-state index contributed by atoms with van der Waals surface area (Å²) < 4.78 is 1.89. The summed E-state index contributed by atoms with van der Waals surface area (Å²) in [5, 5.41) is 8.87. The number of piperidine rings is 1. The van der Waals surface area contributed by atoms with Gasteiger partial charge in [-0.2, -0.15) is 5.10 Å². The lowest BCUT2D eigenvalue weighted by molar-refractivity contribution is 0.239. The van der Waals surface area contributed by atoms with E-state index >= 15 is 0 Å².